The smallest absolute Gasteiger partial charge is 0.132 e. The summed E-state index contributed by atoms with van der Waals surface area (Å²) < 4.78 is 5.27. The van der Waals surface area contributed by atoms with Crippen LogP contribution in [0.2, 0.25) is 0 Å². The molecule has 17 heavy (non-hydrogen) atoms. The van der Waals surface area contributed by atoms with Gasteiger partial charge in [0.15, 0.2) is 0 Å². The molecule has 0 saturated heterocycles. The molecule has 1 aromatic rings. The fraction of sp³-hybridized carbons (Fsp3) is 0.538. The van der Waals surface area contributed by atoms with E-state index in [2.05, 4.69) is 5.32 Å². The number of methoxy groups -OCH3 is 1. The summed E-state index contributed by atoms with van der Waals surface area (Å²) in [5.41, 5.74) is 0. The summed E-state index contributed by atoms with van der Waals surface area (Å²) in [6, 6.07) is 8.55. The summed E-state index contributed by atoms with van der Waals surface area (Å²) >= 11 is 1.64. The molecule has 1 fully saturated rings. The van der Waals surface area contributed by atoms with Gasteiger partial charge in [-0.2, -0.15) is 0 Å². The molecule has 1 aromatic carbocycles. The van der Waals surface area contributed by atoms with E-state index < -0.39 is 0 Å². The van der Waals surface area contributed by atoms with E-state index >= 15 is 0 Å². The number of hydrogen-bond donors (Lipinski definition) is 2. The monoisotopic (exact) mass is 253 g/mol. The average molecular weight is 253 g/mol. The van der Waals surface area contributed by atoms with Crippen LogP contribution in [0.4, 0.5) is 0 Å². The van der Waals surface area contributed by atoms with Crippen molar-refractivity contribution >= 4 is 11.8 Å². The fourth-order valence-electron chi connectivity index (χ4n) is 1.57. The SMILES string of the molecule is COc1ccccc1SCC(O)CNC1CC1. The molecule has 0 aliphatic heterocycles. The summed E-state index contributed by atoms with van der Waals surface area (Å²) in [5.74, 6) is 1.57. The fourth-order valence-corrected chi connectivity index (χ4v) is 2.53. The Morgan fingerprint density at radius 2 is 2.24 bits per heavy atom. The molecule has 0 amide bonds. The topological polar surface area (TPSA) is 41.5 Å². The Kier molecular flexibility index (Phi) is 4.71. The van der Waals surface area contributed by atoms with E-state index in [1.165, 1.54) is 12.8 Å². The predicted molar refractivity (Wildman–Crippen MR) is 70.7 cm³/mol. The van der Waals surface area contributed by atoms with E-state index in [1.54, 1.807) is 18.9 Å². The van der Waals surface area contributed by atoms with Crippen molar-refractivity contribution in [3.63, 3.8) is 0 Å². The van der Waals surface area contributed by atoms with E-state index in [1.807, 2.05) is 24.3 Å². The highest BCUT2D eigenvalue weighted by molar-refractivity contribution is 7.99. The first-order chi connectivity index (χ1) is 8.29. The van der Waals surface area contributed by atoms with Gasteiger partial charge in [-0.15, -0.1) is 11.8 Å². The molecule has 2 rings (SSSR count). The van der Waals surface area contributed by atoms with Gasteiger partial charge >= 0.3 is 0 Å². The second-order valence-corrected chi connectivity index (χ2v) is 5.36. The Morgan fingerprint density at radius 1 is 1.47 bits per heavy atom. The summed E-state index contributed by atoms with van der Waals surface area (Å²) in [6.07, 6.45) is 2.21. The highest BCUT2D eigenvalue weighted by Gasteiger charge is 2.21. The van der Waals surface area contributed by atoms with Crippen LogP contribution in [0.25, 0.3) is 0 Å². The minimum atomic E-state index is -0.300. The number of aliphatic hydroxyl groups is 1. The van der Waals surface area contributed by atoms with Gasteiger partial charge in [0, 0.05) is 23.2 Å². The van der Waals surface area contributed by atoms with Crippen molar-refractivity contribution in [3.05, 3.63) is 24.3 Å². The summed E-state index contributed by atoms with van der Waals surface area (Å²) in [6.45, 7) is 0.687. The molecule has 2 N–H and O–H groups in total. The Balaban J connectivity index is 1.75. The standard InChI is InChI=1S/C13H19NO2S/c1-16-12-4-2-3-5-13(12)17-9-11(15)8-14-10-6-7-10/h2-5,10-11,14-15H,6-9H2,1H3. The van der Waals surface area contributed by atoms with E-state index in [9.17, 15) is 5.11 Å². The number of para-hydroxylation sites is 1. The molecule has 0 bridgehead atoms. The first-order valence-electron chi connectivity index (χ1n) is 5.97. The van der Waals surface area contributed by atoms with E-state index in [0.717, 1.165) is 10.6 Å². The molecule has 1 saturated carbocycles. The van der Waals surface area contributed by atoms with Crippen LogP contribution >= 0.6 is 11.8 Å². The molecule has 4 heteroatoms. The van der Waals surface area contributed by atoms with Crippen LogP contribution in [-0.2, 0) is 0 Å². The number of rotatable bonds is 7. The quantitative estimate of drug-likeness (QED) is 0.728. The van der Waals surface area contributed by atoms with Crippen LogP contribution in [0.5, 0.6) is 5.75 Å². The van der Waals surface area contributed by atoms with Crippen LogP contribution < -0.4 is 10.1 Å². The van der Waals surface area contributed by atoms with Gasteiger partial charge < -0.3 is 15.2 Å². The van der Waals surface area contributed by atoms with Crippen LogP contribution in [0.1, 0.15) is 12.8 Å². The lowest BCUT2D eigenvalue weighted by Crippen LogP contribution is -2.29. The number of hydrogen-bond acceptors (Lipinski definition) is 4. The molecule has 0 spiro atoms. The Morgan fingerprint density at radius 3 is 2.94 bits per heavy atom. The highest BCUT2D eigenvalue weighted by Crippen LogP contribution is 2.29. The van der Waals surface area contributed by atoms with Gasteiger partial charge in [0.25, 0.3) is 0 Å². The van der Waals surface area contributed by atoms with Crippen molar-refractivity contribution in [3.8, 4) is 5.75 Å². The summed E-state index contributed by atoms with van der Waals surface area (Å²) in [5, 5.41) is 13.2. The van der Waals surface area contributed by atoms with Crippen molar-refractivity contribution in [1.29, 1.82) is 0 Å². The lowest BCUT2D eigenvalue weighted by molar-refractivity contribution is 0.195. The summed E-state index contributed by atoms with van der Waals surface area (Å²) in [7, 11) is 1.67. The molecule has 1 aliphatic carbocycles. The molecule has 94 valence electrons. The second-order valence-electron chi connectivity index (χ2n) is 4.30. The Hall–Kier alpha value is -0.710. The molecule has 0 heterocycles. The minimum Gasteiger partial charge on any atom is -0.496 e. The van der Waals surface area contributed by atoms with Crippen LogP contribution in [-0.4, -0.2) is 36.7 Å². The first kappa shape index (κ1) is 12.7. The molecule has 0 radical (unpaired) electrons. The third-order valence-corrected chi connectivity index (χ3v) is 3.92. The van der Waals surface area contributed by atoms with Crippen molar-refractivity contribution in [2.75, 3.05) is 19.4 Å². The molecule has 1 atom stereocenters. The van der Waals surface area contributed by atoms with Crippen LogP contribution in [0.15, 0.2) is 29.2 Å². The van der Waals surface area contributed by atoms with Gasteiger partial charge in [0.1, 0.15) is 5.75 Å². The number of ether oxygens (including phenoxy) is 1. The maximum absolute atomic E-state index is 9.83. The summed E-state index contributed by atoms with van der Waals surface area (Å²) in [4.78, 5) is 1.08. The number of thioether (sulfide) groups is 1. The van der Waals surface area contributed by atoms with Crippen LogP contribution in [0.3, 0.4) is 0 Å². The van der Waals surface area contributed by atoms with Gasteiger partial charge in [-0.05, 0) is 25.0 Å². The zero-order chi connectivity index (χ0) is 12.1. The van der Waals surface area contributed by atoms with Gasteiger partial charge in [0.2, 0.25) is 0 Å². The molecular weight excluding hydrogens is 234 g/mol. The molecule has 1 aliphatic rings. The van der Waals surface area contributed by atoms with E-state index in [-0.39, 0.29) is 6.10 Å². The van der Waals surface area contributed by atoms with E-state index in [0.29, 0.717) is 18.3 Å². The molecule has 1 unspecified atom stereocenters. The lowest BCUT2D eigenvalue weighted by atomic mass is 10.3. The third kappa shape index (κ3) is 4.22. The normalized spacial score (nSPS) is 16.8. The number of aliphatic hydroxyl groups excluding tert-OH is 1. The highest BCUT2D eigenvalue weighted by atomic mass is 32.2. The number of benzene rings is 1. The zero-order valence-electron chi connectivity index (χ0n) is 10.1. The molecule has 0 aromatic heterocycles. The maximum Gasteiger partial charge on any atom is 0.132 e. The second kappa shape index (κ2) is 6.28. The first-order valence-corrected chi connectivity index (χ1v) is 6.95. The Bertz CT molecular complexity index is 355. The van der Waals surface area contributed by atoms with Gasteiger partial charge in [-0.1, -0.05) is 12.1 Å². The van der Waals surface area contributed by atoms with Crippen molar-refractivity contribution in [2.45, 2.75) is 29.9 Å². The van der Waals surface area contributed by atoms with Crippen molar-refractivity contribution in [1.82, 2.24) is 5.32 Å². The zero-order valence-corrected chi connectivity index (χ0v) is 10.9. The number of nitrogens with one attached hydrogen (secondary N) is 1. The van der Waals surface area contributed by atoms with Gasteiger partial charge in [-0.25, -0.2) is 0 Å². The van der Waals surface area contributed by atoms with Crippen molar-refractivity contribution < 1.29 is 9.84 Å². The largest absolute Gasteiger partial charge is 0.496 e. The lowest BCUT2D eigenvalue weighted by Gasteiger charge is -2.12. The van der Waals surface area contributed by atoms with Crippen molar-refractivity contribution in [2.24, 2.45) is 0 Å². The predicted octanol–water partition coefficient (Wildman–Crippen LogP) is 1.90. The minimum absolute atomic E-state index is 0.300. The maximum atomic E-state index is 9.83. The van der Waals surface area contributed by atoms with Crippen LogP contribution in [0, 0.1) is 0 Å². The third-order valence-electron chi connectivity index (χ3n) is 2.72. The van der Waals surface area contributed by atoms with Gasteiger partial charge in [0.05, 0.1) is 13.2 Å². The molecule has 3 nitrogen and oxygen atoms in total. The van der Waals surface area contributed by atoms with E-state index in [4.69, 9.17) is 4.74 Å². The van der Waals surface area contributed by atoms with Gasteiger partial charge in [-0.3, -0.25) is 0 Å². The Labute approximate surface area is 107 Å². The molecular formula is C13H19NO2S. The average Bonchev–Trinajstić information content (AvgIpc) is 3.18.